The number of methoxy groups -OCH3 is 2. The Morgan fingerprint density at radius 2 is 1.97 bits per heavy atom. The molecule has 0 saturated carbocycles. The predicted octanol–water partition coefficient (Wildman–Crippen LogP) is 1.34. The van der Waals surface area contributed by atoms with Crippen molar-refractivity contribution in [1.29, 1.82) is 0 Å². The normalized spacial score (nSPS) is 10.7. The van der Waals surface area contributed by atoms with Crippen LogP contribution >= 0.6 is 0 Å². The summed E-state index contributed by atoms with van der Waals surface area (Å²) in [7, 11) is 3.14. The quantitative estimate of drug-likeness (QED) is 0.427. The summed E-state index contributed by atoms with van der Waals surface area (Å²) in [6.07, 6.45) is 1.09. The molecule has 10 nitrogen and oxygen atoms in total. The third-order valence-electron chi connectivity index (χ3n) is 4.33. The summed E-state index contributed by atoms with van der Waals surface area (Å²) in [6.45, 7) is 4.53. The Morgan fingerprint density at radius 1 is 1.13 bits per heavy atom. The Morgan fingerprint density at radius 3 is 2.68 bits per heavy atom. The summed E-state index contributed by atoms with van der Waals surface area (Å²) in [5, 5.41) is 10.9. The SMILES string of the molecule is CCOCCOc1ccc(-c2nnc(CCC(=O)NCCCOC)c(=O)[nH]2)cc1OC. The van der Waals surface area contributed by atoms with Crippen molar-refractivity contribution in [3.63, 3.8) is 0 Å². The average Bonchev–Trinajstić information content (AvgIpc) is 2.78. The van der Waals surface area contributed by atoms with Crippen LogP contribution in [-0.2, 0) is 20.7 Å². The number of aryl methyl sites for hydroxylation is 1. The Kier molecular flexibility index (Phi) is 10.5. The highest BCUT2D eigenvalue weighted by molar-refractivity contribution is 5.76. The standard InChI is InChI=1S/C21H30N4O6/c1-4-30-12-13-31-17-8-6-15(14-18(17)29-3)20-23-21(27)16(24-25-20)7-9-19(26)22-10-5-11-28-2/h6,8,14H,4-5,7,9-13H2,1-3H3,(H,22,26)(H,23,25,27). The molecule has 31 heavy (non-hydrogen) atoms. The van der Waals surface area contributed by atoms with Gasteiger partial charge < -0.3 is 29.2 Å². The third-order valence-corrected chi connectivity index (χ3v) is 4.33. The Hall–Kier alpha value is -2.98. The highest BCUT2D eigenvalue weighted by atomic mass is 16.5. The van der Waals surface area contributed by atoms with Gasteiger partial charge in [0.15, 0.2) is 17.3 Å². The third kappa shape index (κ3) is 7.99. The maximum absolute atomic E-state index is 12.4. The van der Waals surface area contributed by atoms with Crippen LogP contribution in [0.4, 0.5) is 0 Å². The lowest BCUT2D eigenvalue weighted by atomic mass is 10.2. The molecule has 1 aromatic carbocycles. The van der Waals surface area contributed by atoms with Crippen molar-refractivity contribution in [2.24, 2.45) is 0 Å². The molecule has 2 N–H and O–H groups in total. The number of rotatable bonds is 14. The summed E-state index contributed by atoms with van der Waals surface area (Å²) in [6, 6.07) is 5.21. The van der Waals surface area contributed by atoms with Crippen molar-refractivity contribution in [3.8, 4) is 22.9 Å². The number of nitrogens with one attached hydrogen (secondary N) is 2. The van der Waals surface area contributed by atoms with E-state index in [1.807, 2.05) is 6.92 Å². The molecule has 0 spiro atoms. The van der Waals surface area contributed by atoms with Crippen LogP contribution in [0.5, 0.6) is 11.5 Å². The zero-order valence-electron chi connectivity index (χ0n) is 18.2. The number of amides is 1. The van der Waals surface area contributed by atoms with Gasteiger partial charge in [-0.3, -0.25) is 9.59 Å². The van der Waals surface area contributed by atoms with E-state index in [4.69, 9.17) is 18.9 Å². The summed E-state index contributed by atoms with van der Waals surface area (Å²) >= 11 is 0. The number of nitrogens with zero attached hydrogens (tertiary/aromatic N) is 2. The monoisotopic (exact) mass is 434 g/mol. The number of ether oxygens (including phenoxy) is 4. The molecule has 0 radical (unpaired) electrons. The highest BCUT2D eigenvalue weighted by Gasteiger charge is 2.12. The molecule has 0 atom stereocenters. The van der Waals surface area contributed by atoms with Crippen molar-refractivity contribution in [3.05, 3.63) is 34.2 Å². The maximum atomic E-state index is 12.4. The molecule has 170 valence electrons. The molecule has 0 aliphatic rings. The Labute approximate surface area is 181 Å². The van der Waals surface area contributed by atoms with Gasteiger partial charge in [0.2, 0.25) is 5.91 Å². The van der Waals surface area contributed by atoms with Crippen LogP contribution in [0.1, 0.15) is 25.5 Å². The van der Waals surface area contributed by atoms with E-state index in [9.17, 15) is 9.59 Å². The fourth-order valence-electron chi connectivity index (χ4n) is 2.71. The molecule has 1 amide bonds. The van der Waals surface area contributed by atoms with Crippen LogP contribution < -0.4 is 20.3 Å². The zero-order valence-corrected chi connectivity index (χ0v) is 18.2. The predicted molar refractivity (Wildman–Crippen MR) is 114 cm³/mol. The molecular weight excluding hydrogens is 404 g/mol. The molecule has 0 aliphatic carbocycles. The highest BCUT2D eigenvalue weighted by Crippen LogP contribution is 2.31. The Balaban J connectivity index is 1.98. The van der Waals surface area contributed by atoms with Gasteiger partial charge in [-0.1, -0.05) is 0 Å². The van der Waals surface area contributed by atoms with Crippen LogP contribution in [0.15, 0.2) is 23.0 Å². The van der Waals surface area contributed by atoms with Gasteiger partial charge >= 0.3 is 0 Å². The molecule has 2 aromatic rings. The van der Waals surface area contributed by atoms with Gasteiger partial charge in [-0.2, -0.15) is 0 Å². The minimum atomic E-state index is -0.381. The maximum Gasteiger partial charge on any atom is 0.273 e. The van der Waals surface area contributed by atoms with Crippen LogP contribution in [0.2, 0.25) is 0 Å². The van der Waals surface area contributed by atoms with E-state index in [-0.39, 0.29) is 30.0 Å². The van der Waals surface area contributed by atoms with E-state index in [1.165, 1.54) is 7.11 Å². The molecule has 2 rings (SSSR count). The number of carbonyl (C=O) groups excluding carboxylic acids is 1. The first kappa shape index (κ1) is 24.3. The van der Waals surface area contributed by atoms with Crippen LogP contribution in [0.3, 0.4) is 0 Å². The van der Waals surface area contributed by atoms with Gasteiger partial charge in [0.05, 0.1) is 13.7 Å². The number of benzene rings is 1. The van der Waals surface area contributed by atoms with E-state index in [0.717, 1.165) is 6.42 Å². The summed E-state index contributed by atoms with van der Waals surface area (Å²) in [5.41, 5.74) is 0.452. The van der Waals surface area contributed by atoms with Crippen molar-refractivity contribution in [2.45, 2.75) is 26.2 Å². The van der Waals surface area contributed by atoms with Crippen LogP contribution in [0.25, 0.3) is 11.4 Å². The number of aromatic nitrogens is 3. The summed E-state index contributed by atoms with van der Waals surface area (Å²) < 4.78 is 21.2. The topological polar surface area (TPSA) is 125 Å². The number of hydrogen-bond donors (Lipinski definition) is 2. The lowest BCUT2D eigenvalue weighted by Gasteiger charge is -2.12. The number of aromatic amines is 1. The second-order valence-electron chi connectivity index (χ2n) is 6.56. The zero-order chi connectivity index (χ0) is 22.5. The van der Waals surface area contributed by atoms with Crippen molar-refractivity contribution in [2.75, 3.05) is 47.2 Å². The molecule has 1 heterocycles. The smallest absolute Gasteiger partial charge is 0.273 e. The average molecular weight is 434 g/mol. The number of H-pyrrole nitrogens is 1. The van der Waals surface area contributed by atoms with Gasteiger partial charge in [0.1, 0.15) is 12.3 Å². The van der Waals surface area contributed by atoms with Gasteiger partial charge in [0.25, 0.3) is 5.56 Å². The lowest BCUT2D eigenvalue weighted by Crippen LogP contribution is -2.27. The minimum absolute atomic E-state index is 0.147. The molecule has 1 aromatic heterocycles. The van der Waals surface area contributed by atoms with Gasteiger partial charge in [-0.25, -0.2) is 0 Å². The van der Waals surface area contributed by atoms with E-state index in [0.29, 0.717) is 55.9 Å². The number of hydrogen-bond acceptors (Lipinski definition) is 8. The van der Waals surface area contributed by atoms with Gasteiger partial charge in [0, 0.05) is 45.3 Å². The summed E-state index contributed by atoms with van der Waals surface area (Å²) in [4.78, 5) is 26.9. The molecule has 0 fully saturated rings. The molecule has 0 saturated heterocycles. The first-order valence-corrected chi connectivity index (χ1v) is 10.2. The minimum Gasteiger partial charge on any atom is -0.493 e. The second kappa shape index (κ2) is 13.3. The van der Waals surface area contributed by atoms with E-state index >= 15 is 0 Å². The first-order chi connectivity index (χ1) is 15.1. The largest absolute Gasteiger partial charge is 0.493 e. The first-order valence-electron chi connectivity index (χ1n) is 10.2. The fourth-order valence-corrected chi connectivity index (χ4v) is 2.71. The Bertz CT molecular complexity index is 886. The molecule has 0 aliphatic heterocycles. The second-order valence-corrected chi connectivity index (χ2v) is 6.56. The van der Waals surface area contributed by atoms with Crippen LogP contribution in [-0.4, -0.2) is 68.3 Å². The van der Waals surface area contributed by atoms with Gasteiger partial charge in [-0.15, -0.1) is 10.2 Å². The van der Waals surface area contributed by atoms with Crippen LogP contribution in [0, 0.1) is 0 Å². The van der Waals surface area contributed by atoms with E-state index in [2.05, 4.69) is 20.5 Å². The summed E-state index contributed by atoms with van der Waals surface area (Å²) in [5.74, 6) is 1.23. The van der Waals surface area contributed by atoms with E-state index in [1.54, 1.807) is 25.3 Å². The van der Waals surface area contributed by atoms with Crippen molar-refractivity contribution < 1.29 is 23.7 Å². The molecule has 10 heteroatoms. The lowest BCUT2D eigenvalue weighted by molar-refractivity contribution is -0.121. The fraction of sp³-hybridized carbons (Fsp3) is 0.524. The van der Waals surface area contributed by atoms with Crippen molar-refractivity contribution >= 4 is 5.91 Å². The molecule has 0 bridgehead atoms. The number of carbonyl (C=O) groups is 1. The van der Waals surface area contributed by atoms with Crippen molar-refractivity contribution in [1.82, 2.24) is 20.5 Å². The van der Waals surface area contributed by atoms with Gasteiger partial charge in [-0.05, 0) is 31.5 Å². The van der Waals surface area contributed by atoms with E-state index < -0.39 is 0 Å². The molecular formula is C21H30N4O6. The molecule has 0 unspecified atom stereocenters.